The molecular weight excluding hydrogens is 254 g/mol. The third-order valence-corrected chi connectivity index (χ3v) is 4.81. The Morgan fingerprint density at radius 1 is 1.50 bits per heavy atom. The zero-order valence-corrected chi connectivity index (χ0v) is 13.0. The van der Waals surface area contributed by atoms with Crippen LogP contribution in [0.2, 0.25) is 0 Å². The van der Waals surface area contributed by atoms with Crippen molar-refractivity contribution in [1.82, 2.24) is 15.1 Å². The van der Waals surface area contributed by atoms with Crippen molar-refractivity contribution in [3.05, 3.63) is 17.0 Å². The van der Waals surface area contributed by atoms with Crippen molar-refractivity contribution in [2.45, 2.75) is 59.1 Å². The molecule has 0 radical (unpaired) electrons. The van der Waals surface area contributed by atoms with Crippen molar-refractivity contribution in [2.75, 3.05) is 0 Å². The highest BCUT2D eigenvalue weighted by atomic mass is 16.3. The van der Waals surface area contributed by atoms with Crippen LogP contribution in [0.25, 0.3) is 0 Å². The van der Waals surface area contributed by atoms with Crippen molar-refractivity contribution in [2.24, 2.45) is 12.5 Å². The van der Waals surface area contributed by atoms with E-state index in [0.717, 1.165) is 17.0 Å². The largest absolute Gasteiger partial charge is 0.392 e. The van der Waals surface area contributed by atoms with E-state index < -0.39 is 0 Å². The van der Waals surface area contributed by atoms with Crippen molar-refractivity contribution < 1.29 is 9.90 Å². The Hall–Kier alpha value is -1.36. The topological polar surface area (TPSA) is 67.2 Å². The maximum atomic E-state index is 12.0. The predicted octanol–water partition coefficient (Wildman–Crippen LogP) is 1.25. The highest BCUT2D eigenvalue weighted by molar-refractivity contribution is 5.76. The van der Waals surface area contributed by atoms with E-state index in [0.29, 0.717) is 19.3 Å². The van der Waals surface area contributed by atoms with E-state index in [2.05, 4.69) is 10.4 Å². The minimum Gasteiger partial charge on any atom is -0.392 e. The van der Waals surface area contributed by atoms with E-state index in [9.17, 15) is 9.90 Å². The van der Waals surface area contributed by atoms with Crippen LogP contribution in [0.15, 0.2) is 0 Å². The Kier molecular flexibility index (Phi) is 3.91. The normalized spacial score (nSPS) is 24.3. The number of hydrogen-bond acceptors (Lipinski definition) is 3. The van der Waals surface area contributed by atoms with E-state index >= 15 is 0 Å². The van der Waals surface area contributed by atoms with E-state index in [4.69, 9.17) is 0 Å². The Morgan fingerprint density at radius 3 is 2.60 bits per heavy atom. The summed E-state index contributed by atoms with van der Waals surface area (Å²) in [4.78, 5) is 12.0. The average molecular weight is 279 g/mol. The van der Waals surface area contributed by atoms with Crippen LogP contribution in [-0.4, -0.2) is 32.9 Å². The standard InChI is InChI=1S/C15H25N3O2/c1-9-11(10(2)18(5)17-9)6-7-14(20)16-12-8-13(19)15(12,3)4/h12-13,19H,6-8H2,1-5H3,(H,16,20). The first-order chi connectivity index (χ1) is 9.23. The fraction of sp³-hybridized carbons (Fsp3) is 0.733. The number of amides is 1. The van der Waals surface area contributed by atoms with Gasteiger partial charge in [-0.15, -0.1) is 0 Å². The van der Waals surface area contributed by atoms with E-state index in [1.807, 2.05) is 39.4 Å². The molecule has 0 aliphatic heterocycles. The molecule has 0 aromatic carbocycles. The number of rotatable bonds is 4. The van der Waals surface area contributed by atoms with Gasteiger partial charge >= 0.3 is 0 Å². The molecule has 0 saturated heterocycles. The highest BCUT2D eigenvalue weighted by Crippen LogP contribution is 2.40. The molecule has 1 saturated carbocycles. The van der Waals surface area contributed by atoms with E-state index in [1.165, 1.54) is 0 Å². The van der Waals surface area contributed by atoms with Gasteiger partial charge in [-0.2, -0.15) is 5.10 Å². The Morgan fingerprint density at radius 2 is 2.15 bits per heavy atom. The first-order valence-electron chi connectivity index (χ1n) is 7.20. The summed E-state index contributed by atoms with van der Waals surface area (Å²) in [5, 5.41) is 17.1. The van der Waals surface area contributed by atoms with Crippen LogP contribution in [0, 0.1) is 19.3 Å². The molecule has 0 spiro atoms. The zero-order valence-electron chi connectivity index (χ0n) is 13.0. The van der Waals surface area contributed by atoms with Crippen LogP contribution in [0.1, 0.15) is 43.6 Å². The molecule has 0 bridgehead atoms. The lowest BCUT2D eigenvalue weighted by Crippen LogP contribution is -2.61. The van der Waals surface area contributed by atoms with Crippen molar-refractivity contribution in [3.63, 3.8) is 0 Å². The van der Waals surface area contributed by atoms with Gasteiger partial charge < -0.3 is 10.4 Å². The molecule has 1 aliphatic rings. The molecular formula is C15H25N3O2. The Bertz CT molecular complexity index is 519. The number of aryl methyl sites for hydroxylation is 2. The molecule has 5 nitrogen and oxygen atoms in total. The number of aliphatic hydroxyl groups excluding tert-OH is 1. The predicted molar refractivity (Wildman–Crippen MR) is 77.3 cm³/mol. The molecule has 1 aliphatic carbocycles. The van der Waals surface area contributed by atoms with Crippen molar-refractivity contribution in [1.29, 1.82) is 0 Å². The minimum absolute atomic E-state index is 0.0534. The highest BCUT2D eigenvalue weighted by Gasteiger charge is 2.47. The quantitative estimate of drug-likeness (QED) is 0.871. The summed E-state index contributed by atoms with van der Waals surface area (Å²) >= 11 is 0. The number of hydrogen-bond donors (Lipinski definition) is 2. The van der Waals surface area contributed by atoms with Gasteiger partial charge in [0.15, 0.2) is 0 Å². The Labute approximate surface area is 120 Å². The van der Waals surface area contributed by atoms with Gasteiger partial charge in [0.2, 0.25) is 5.91 Å². The number of carbonyl (C=O) groups is 1. The molecule has 1 heterocycles. The number of aromatic nitrogens is 2. The summed E-state index contributed by atoms with van der Waals surface area (Å²) in [6.07, 6.45) is 1.53. The van der Waals surface area contributed by atoms with Gasteiger partial charge in [0, 0.05) is 30.6 Å². The van der Waals surface area contributed by atoms with Crippen LogP contribution in [-0.2, 0) is 18.3 Å². The molecule has 1 amide bonds. The lowest BCUT2D eigenvalue weighted by molar-refractivity contribution is -0.129. The second-order valence-electron chi connectivity index (χ2n) is 6.47. The maximum absolute atomic E-state index is 12.0. The van der Waals surface area contributed by atoms with Gasteiger partial charge in [-0.25, -0.2) is 0 Å². The van der Waals surface area contributed by atoms with Gasteiger partial charge in [-0.3, -0.25) is 9.48 Å². The Balaban J connectivity index is 1.87. The third kappa shape index (κ3) is 2.59. The van der Waals surface area contributed by atoms with Gasteiger partial charge in [-0.1, -0.05) is 13.8 Å². The molecule has 2 rings (SSSR count). The van der Waals surface area contributed by atoms with Crippen LogP contribution >= 0.6 is 0 Å². The molecule has 112 valence electrons. The number of nitrogens with zero attached hydrogens (tertiary/aromatic N) is 2. The number of carbonyl (C=O) groups excluding carboxylic acids is 1. The molecule has 2 N–H and O–H groups in total. The summed E-state index contributed by atoms with van der Waals surface area (Å²) in [6, 6.07) is 0.0843. The van der Waals surface area contributed by atoms with Crippen molar-refractivity contribution in [3.8, 4) is 0 Å². The molecule has 5 heteroatoms. The monoisotopic (exact) mass is 279 g/mol. The van der Waals surface area contributed by atoms with Gasteiger partial charge in [0.1, 0.15) is 0 Å². The maximum Gasteiger partial charge on any atom is 0.220 e. The zero-order chi connectivity index (χ0) is 15.1. The molecule has 1 aromatic heterocycles. The van der Waals surface area contributed by atoms with Gasteiger partial charge in [0.25, 0.3) is 0 Å². The summed E-state index contributed by atoms with van der Waals surface area (Å²) in [6.45, 7) is 7.98. The smallest absolute Gasteiger partial charge is 0.220 e. The van der Waals surface area contributed by atoms with E-state index in [-0.39, 0.29) is 23.5 Å². The fourth-order valence-corrected chi connectivity index (χ4v) is 2.83. The number of nitrogens with one attached hydrogen (secondary N) is 1. The lowest BCUT2D eigenvalue weighted by Gasteiger charge is -2.49. The van der Waals surface area contributed by atoms with Crippen LogP contribution in [0.3, 0.4) is 0 Å². The molecule has 2 unspecified atom stereocenters. The minimum atomic E-state index is -0.310. The summed E-state index contributed by atoms with van der Waals surface area (Å²) in [5.74, 6) is 0.0534. The lowest BCUT2D eigenvalue weighted by atomic mass is 9.64. The van der Waals surface area contributed by atoms with Gasteiger partial charge in [0.05, 0.1) is 11.8 Å². The van der Waals surface area contributed by atoms with Crippen LogP contribution < -0.4 is 5.32 Å². The fourth-order valence-electron chi connectivity index (χ4n) is 2.83. The molecule has 1 aromatic rings. The molecule has 2 atom stereocenters. The van der Waals surface area contributed by atoms with Gasteiger partial charge in [-0.05, 0) is 32.3 Å². The second-order valence-corrected chi connectivity index (χ2v) is 6.47. The summed E-state index contributed by atoms with van der Waals surface area (Å²) in [5.41, 5.74) is 3.07. The first-order valence-corrected chi connectivity index (χ1v) is 7.20. The van der Waals surface area contributed by atoms with E-state index in [1.54, 1.807) is 0 Å². The summed E-state index contributed by atoms with van der Waals surface area (Å²) < 4.78 is 1.86. The van der Waals surface area contributed by atoms with Crippen LogP contribution in [0.4, 0.5) is 0 Å². The molecule has 1 fully saturated rings. The first kappa shape index (κ1) is 15.0. The van der Waals surface area contributed by atoms with Crippen molar-refractivity contribution >= 4 is 5.91 Å². The SMILES string of the molecule is Cc1nn(C)c(C)c1CCC(=O)NC1CC(O)C1(C)C. The average Bonchev–Trinajstić information content (AvgIpc) is 2.61. The molecule has 20 heavy (non-hydrogen) atoms. The summed E-state index contributed by atoms with van der Waals surface area (Å²) in [7, 11) is 1.92. The second kappa shape index (κ2) is 5.20. The van der Waals surface area contributed by atoms with Crippen LogP contribution in [0.5, 0.6) is 0 Å². The number of aliphatic hydroxyl groups is 1. The third-order valence-electron chi connectivity index (χ3n) is 4.81.